The zero-order valence-corrected chi connectivity index (χ0v) is 11.9. The molecule has 1 aromatic rings. The Morgan fingerprint density at radius 3 is 2.68 bits per heavy atom. The molecule has 1 aliphatic carbocycles. The summed E-state index contributed by atoms with van der Waals surface area (Å²) in [7, 11) is 0. The highest BCUT2D eigenvalue weighted by Crippen LogP contribution is 2.28. The van der Waals surface area contributed by atoms with Crippen molar-refractivity contribution in [1.82, 2.24) is 5.32 Å². The standard InChI is InChI=1S/C15H17F2NO4/c16-10-3-4-11(12(17)5-10)13(6-15(20)21)18-14(19)8-22-7-9-1-2-9/h3-5,9,13H,1-2,6-8H2,(H,18,19)(H,20,21)/t13-/m1/s1. The van der Waals surface area contributed by atoms with Gasteiger partial charge >= 0.3 is 5.97 Å². The minimum Gasteiger partial charge on any atom is -0.481 e. The topological polar surface area (TPSA) is 75.6 Å². The second-order valence-corrected chi connectivity index (χ2v) is 5.34. The van der Waals surface area contributed by atoms with Gasteiger partial charge in [0.1, 0.15) is 18.2 Å². The number of benzene rings is 1. The van der Waals surface area contributed by atoms with E-state index >= 15 is 0 Å². The van der Waals surface area contributed by atoms with Crippen molar-refractivity contribution in [2.45, 2.75) is 25.3 Å². The SMILES string of the molecule is O=C(O)C[C@@H](NC(=O)COCC1CC1)c1ccc(F)cc1F. The molecule has 0 saturated heterocycles. The first-order valence-electron chi connectivity index (χ1n) is 6.99. The molecule has 1 aliphatic rings. The summed E-state index contributed by atoms with van der Waals surface area (Å²) in [5.74, 6) is -2.90. The van der Waals surface area contributed by atoms with Crippen LogP contribution in [0.5, 0.6) is 0 Å². The number of rotatable bonds is 8. The van der Waals surface area contributed by atoms with E-state index < -0.39 is 36.0 Å². The van der Waals surface area contributed by atoms with E-state index in [4.69, 9.17) is 9.84 Å². The molecule has 1 saturated carbocycles. The van der Waals surface area contributed by atoms with Gasteiger partial charge in [0, 0.05) is 11.6 Å². The highest BCUT2D eigenvalue weighted by atomic mass is 19.1. The monoisotopic (exact) mass is 313 g/mol. The van der Waals surface area contributed by atoms with Gasteiger partial charge in [-0.2, -0.15) is 0 Å². The summed E-state index contributed by atoms with van der Waals surface area (Å²) in [6, 6.07) is 1.72. The average molecular weight is 313 g/mol. The number of aliphatic carboxylic acids is 1. The average Bonchev–Trinajstić information content (AvgIpc) is 3.21. The molecule has 0 bridgehead atoms. The van der Waals surface area contributed by atoms with Gasteiger partial charge in [0.15, 0.2) is 0 Å². The molecule has 1 atom stereocenters. The Kier molecular flexibility index (Phi) is 5.43. The molecule has 120 valence electrons. The third-order valence-corrected chi connectivity index (χ3v) is 3.34. The molecule has 1 fully saturated rings. The van der Waals surface area contributed by atoms with Crippen molar-refractivity contribution in [3.05, 3.63) is 35.4 Å². The summed E-state index contributed by atoms with van der Waals surface area (Å²) in [6.45, 7) is 0.275. The van der Waals surface area contributed by atoms with Gasteiger partial charge in [0.25, 0.3) is 0 Å². The molecule has 0 spiro atoms. The number of halogens is 2. The molecule has 2 N–H and O–H groups in total. The van der Waals surface area contributed by atoms with Crippen LogP contribution in [0, 0.1) is 17.6 Å². The summed E-state index contributed by atoms with van der Waals surface area (Å²) >= 11 is 0. The molecular formula is C15H17F2NO4. The van der Waals surface area contributed by atoms with Crippen LogP contribution in [0.4, 0.5) is 8.78 Å². The van der Waals surface area contributed by atoms with E-state index in [1.54, 1.807) is 0 Å². The van der Waals surface area contributed by atoms with Crippen LogP contribution >= 0.6 is 0 Å². The van der Waals surface area contributed by atoms with Crippen LogP contribution in [0.1, 0.15) is 30.9 Å². The normalized spacial score (nSPS) is 15.4. The first-order valence-corrected chi connectivity index (χ1v) is 6.99. The Labute approximate surface area is 126 Å². The van der Waals surface area contributed by atoms with Gasteiger partial charge in [-0.05, 0) is 24.8 Å². The third kappa shape index (κ3) is 5.07. The van der Waals surface area contributed by atoms with E-state index in [1.807, 2.05) is 0 Å². The second-order valence-electron chi connectivity index (χ2n) is 5.34. The first-order chi connectivity index (χ1) is 10.5. The number of carbonyl (C=O) groups excluding carboxylic acids is 1. The van der Waals surface area contributed by atoms with Crippen LogP contribution in [0.25, 0.3) is 0 Å². The summed E-state index contributed by atoms with van der Waals surface area (Å²) < 4.78 is 31.9. The molecule has 2 rings (SSSR count). The molecule has 0 aromatic heterocycles. The smallest absolute Gasteiger partial charge is 0.305 e. The molecule has 0 radical (unpaired) electrons. The molecule has 22 heavy (non-hydrogen) atoms. The van der Waals surface area contributed by atoms with Gasteiger partial charge in [0.2, 0.25) is 5.91 Å². The number of carboxylic acid groups (broad SMARTS) is 1. The minimum atomic E-state index is -1.20. The quantitative estimate of drug-likeness (QED) is 0.770. The summed E-state index contributed by atoms with van der Waals surface area (Å²) in [6.07, 6.45) is 1.67. The molecule has 1 amide bonds. The van der Waals surface area contributed by atoms with Crippen LogP contribution in [0.3, 0.4) is 0 Å². The molecule has 0 unspecified atom stereocenters. The van der Waals surface area contributed by atoms with Crippen LogP contribution < -0.4 is 5.32 Å². The highest BCUT2D eigenvalue weighted by Gasteiger charge is 2.23. The Morgan fingerprint density at radius 1 is 1.36 bits per heavy atom. The van der Waals surface area contributed by atoms with E-state index in [2.05, 4.69) is 5.32 Å². The summed E-state index contributed by atoms with van der Waals surface area (Å²) in [4.78, 5) is 22.6. The Morgan fingerprint density at radius 2 is 2.09 bits per heavy atom. The highest BCUT2D eigenvalue weighted by molar-refractivity contribution is 5.78. The lowest BCUT2D eigenvalue weighted by Gasteiger charge is -2.18. The van der Waals surface area contributed by atoms with Crippen molar-refractivity contribution in [1.29, 1.82) is 0 Å². The maximum absolute atomic E-state index is 13.8. The lowest BCUT2D eigenvalue weighted by Crippen LogP contribution is -2.33. The van der Waals surface area contributed by atoms with Gasteiger partial charge in [0.05, 0.1) is 19.1 Å². The van der Waals surface area contributed by atoms with Crippen molar-refractivity contribution in [3.63, 3.8) is 0 Å². The summed E-state index contributed by atoms with van der Waals surface area (Å²) in [5, 5.41) is 11.3. The zero-order valence-electron chi connectivity index (χ0n) is 11.9. The fourth-order valence-electron chi connectivity index (χ4n) is 2.04. The van der Waals surface area contributed by atoms with Crippen LogP contribution in [-0.2, 0) is 14.3 Å². The number of carbonyl (C=O) groups is 2. The maximum atomic E-state index is 13.8. The fraction of sp³-hybridized carbons (Fsp3) is 0.467. The minimum absolute atomic E-state index is 0.0701. The van der Waals surface area contributed by atoms with Crippen molar-refractivity contribution in [2.24, 2.45) is 5.92 Å². The number of nitrogens with one attached hydrogen (secondary N) is 1. The van der Waals surface area contributed by atoms with Crippen molar-refractivity contribution < 1.29 is 28.2 Å². The Balaban J connectivity index is 1.98. The largest absolute Gasteiger partial charge is 0.481 e. The molecule has 0 heterocycles. The van der Waals surface area contributed by atoms with Gasteiger partial charge in [-0.1, -0.05) is 6.07 Å². The third-order valence-electron chi connectivity index (χ3n) is 3.34. The molecular weight excluding hydrogens is 296 g/mol. The molecule has 5 nitrogen and oxygen atoms in total. The van der Waals surface area contributed by atoms with Gasteiger partial charge < -0.3 is 15.2 Å². The van der Waals surface area contributed by atoms with E-state index in [-0.39, 0.29) is 12.2 Å². The van der Waals surface area contributed by atoms with E-state index in [0.717, 1.165) is 25.0 Å². The molecule has 1 aromatic carbocycles. The summed E-state index contributed by atoms with van der Waals surface area (Å²) in [5.41, 5.74) is -0.0701. The Bertz CT molecular complexity index is 560. The lowest BCUT2D eigenvalue weighted by atomic mass is 10.0. The number of carboxylic acids is 1. The predicted molar refractivity (Wildman–Crippen MR) is 73.0 cm³/mol. The lowest BCUT2D eigenvalue weighted by molar-refractivity contribution is -0.138. The number of hydrogen-bond donors (Lipinski definition) is 2. The van der Waals surface area contributed by atoms with Gasteiger partial charge in [-0.25, -0.2) is 8.78 Å². The van der Waals surface area contributed by atoms with Crippen molar-refractivity contribution in [3.8, 4) is 0 Å². The number of amides is 1. The van der Waals surface area contributed by atoms with E-state index in [9.17, 15) is 18.4 Å². The zero-order chi connectivity index (χ0) is 16.1. The van der Waals surface area contributed by atoms with Crippen LogP contribution in [-0.4, -0.2) is 30.2 Å². The number of ether oxygens (including phenoxy) is 1. The maximum Gasteiger partial charge on any atom is 0.305 e. The van der Waals surface area contributed by atoms with Crippen LogP contribution in [0.15, 0.2) is 18.2 Å². The molecule has 0 aliphatic heterocycles. The van der Waals surface area contributed by atoms with Crippen LogP contribution in [0.2, 0.25) is 0 Å². The van der Waals surface area contributed by atoms with Gasteiger partial charge in [-0.15, -0.1) is 0 Å². The number of hydrogen-bond acceptors (Lipinski definition) is 3. The van der Waals surface area contributed by atoms with Crippen molar-refractivity contribution >= 4 is 11.9 Å². The van der Waals surface area contributed by atoms with E-state index in [0.29, 0.717) is 18.6 Å². The first kappa shape index (κ1) is 16.4. The predicted octanol–water partition coefficient (Wildman–Crippen LogP) is 2.02. The Hall–Kier alpha value is -2.02. The van der Waals surface area contributed by atoms with Crippen molar-refractivity contribution in [2.75, 3.05) is 13.2 Å². The van der Waals surface area contributed by atoms with Gasteiger partial charge in [-0.3, -0.25) is 9.59 Å². The molecule has 7 heteroatoms. The second kappa shape index (κ2) is 7.31. The van der Waals surface area contributed by atoms with E-state index in [1.165, 1.54) is 0 Å². The fourth-order valence-corrected chi connectivity index (χ4v) is 2.04.